The molecule has 444 valence electrons. The molecule has 12 aromatic rings. The predicted octanol–water partition coefficient (Wildman–Crippen LogP) is 9.41. The normalized spacial score (nSPS) is 12.2. The van der Waals surface area contributed by atoms with Crippen LogP contribution in [0.15, 0.2) is 248 Å². The molecule has 18 nitrogen and oxygen atoms in total. The minimum Gasteiger partial charge on any atom is -0.744 e. The molecule has 0 aliphatic rings. The summed E-state index contributed by atoms with van der Waals surface area (Å²) in [5.41, 5.74) is 0.827. The van der Waals surface area contributed by atoms with E-state index < -0.39 is 90.1 Å². The van der Waals surface area contributed by atoms with E-state index in [1.807, 2.05) is 0 Å². The molecule has 0 saturated carbocycles. The summed E-state index contributed by atoms with van der Waals surface area (Å²) >= 11 is 0. The summed E-state index contributed by atoms with van der Waals surface area (Å²) in [4.78, 5) is -2.43. The summed E-state index contributed by atoms with van der Waals surface area (Å²) in [6, 6.07) is 58.0. The van der Waals surface area contributed by atoms with Gasteiger partial charge in [0.15, 0.2) is 0 Å². The number of hydrogen-bond acceptors (Lipinski definition) is 18. The van der Waals surface area contributed by atoms with Crippen LogP contribution in [0.2, 0.25) is 0 Å². The molecule has 0 unspecified atom stereocenters. The number of hydrogen-bond donors (Lipinski definition) is 0. The average Bonchev–Trinajstić information content (AvgIpc) is 1.27. The van der Waals surface area contributed by atoms with Crippen LogP contribution in [0.4, 0.5) is 0 Å². The van der Waals surface area contributed by atoms with Gasteiger partial charge in [0, 0.05) is 0 Å². The third kappa shape index (κ3) is 14.7. The first-order chi connectivity index (χ1) is 41.0. The smallest absolute Gasteiger partial charge is 0.744 e. The van der Waals surface area contributed by atoms with Gasteiger partial charge in [-0.3, -0.25) is 0 Å². The number of rotatable bonds is 12. The Morgan fingerprint density at radius 2 is 0.315 bits per heavy atom. The third-order valence-electron chi connectivity index (χ3n) is 14.4. The van der Waals surface area contributed by atoms with Crippen LogP contribution in [0.3, 0.4) is 0 Å². The van der Waals surface area contributed by atoms with Crippen LogP contribution in [-0.4, -0.2) is 113 Å². The van der Waals surface area contributed by atoms with Gasteiger partial charge in [0.05, 0.1) is 29.4 Å². The second-order valence-corrected chi connectivity index (χ2v) is 27.8. The van der Waals surface area contributed by atoms with Crippen LogP contribution in [-0.2, 0) is 80.0 Å². The van der Waals surface area contributed by atoms with E-state index in [1.54, 1.807) is 146 Å². The van der Waals surface area contributed by atoms with Gasteiger partial charge in [-0.05, 0) is 117 Å². The molecule has 0 aliphatic carbocycles. The van der Waals surface area contributed by atoms with Crippen molar-refractivity contribution in [2.24, 2.45) is 0 Å². The Morgan fingerprint density at radius 1 is 0.191 bits per heavy atom. The summed E-state index contributed by atoms with van der Waals surface area (Å²) in [5.74, 6) is 0. The van der Waals surface area contributed by atoms with Crippen molar-refractivity contribution < 1.29 is 77.8 Å². The Balaban J connectivity index is 0.000000171. The predicted molar refractivity (Wildman–Crippen MR) is 331 cm³/mol. The summed E-state index contributed by atoms with van der Waals surface area (Å²) in [6.07, 6.45) is -0.574. The van der Waals surface area contributed by atoms with Crippen molar-refractivity contribution in [3.8, 4) is 0 Å². The van der Waals surface area contributed by atoms with Crippen molar-refractivity contribution in [1.29, 1.82) is 0 Å². The molecule has 12 aromatic carbocycles. The van der Waals surface area contributed by atoms with Gasteiger partial charge in [-0.2, -0.15) is 0 Å². The van der Waals surface area contributed by atoms with Crippen LogP contribution in [0.5, 0.6) is 0 Å². The van der Waals surface area contributed by atoms with Gasteiger partial charge < -0.3 is 27.3 Å². The largest absolute Gasteiger partial charge is 3.00 e. The Morgan fingerprint density at radius 3 is 0.438 bits per heavy atom. The van der Waals surface area contributed by atoms with Crippen LogP contribution in [0, 0.1) is 0 Å². The first kappa shape index (κ1) is 67.7. The molecule has 0 aromatic heterocycles. The van der Waals surface area contributed by atoms with Crippen LogP contribution < -0.4 is 0 Å². The van der Waals surface area contributed by atoms with Crippen LogP contribution >= 0.6 is 0 Å². The van der Waals surface area contributed by atoms with Crippen molar-refractivity contribution in [3.63, 3.8) is 0 Å². The van der Waals surface area contributed by atoms with Crippen molar-refractivity contribution in [1.82, 2.24) is 0 Å². The molecule has 0 amide bonds. The Kier molecular flexibility index (Phi) is 20.0. The van der Waals surface area contributed by atoms with Gasteiger partial charge in [0.2, 0.25) is 0 Å². The molecule has 0 bridgehead atoms. The fraction of sp³-hybridized carbons (Fsp3) is 0.0476. The first-order valence-electron chi connectivity index (χ1n) is 25.8. The topological polar surface area (TPSA) is 343 Å². The molecular formula is C63H42Al2O18S6. The van der Waals surface area contributed by atoms with Gasteiger partial charge in [-0.25, -0.2) is 50.5 Å². The molecule has 89 heavy (non-hydrogen) atoms. The maximum atomic E-state index is 12.0. The summed E-state index contributed by atoms with van der Waals surface area (Å²) in [6.45, 7) is 0. The van der Waals surface area contributed by atoms with Gasteiger partial charge in [0.25, 0.3) is 0 Å². The zero-order valence-corrected chi connectivity index (χ0v) is 53.1. The quantitative estimate of drug-likeness (QED) is 0.0811. The molecule has 0 saturated heterocycles. The van der Waals surface area contributed by atoms with Gasteiger partial charge >= 0.3 is 34.7 Å². The van der Waals surface area contributed by atoms with Gasteiger partial charge in [-0.15, -0.1) is 0 Å². The van der Waals surface area contributed by atoms with Crippen molar-refractivity contribution >= 4 is 160 Å². The fourth-order valence-corrected chi connectivity index (χ4v) is 16.5. The summed E-state index contributed by atoms with van der Waals surface area (Å²) in [7, 11) is -29.1. The van der Waals surface area contributed by atoms with E-state index in [0.717, 1.165) is 0 Å². The Labute approximate surface area is 533 Å². The van der Waals surface area contributed by atoms with Gasteiger partial charge in [0.1, 0.15) is 60.7 Å². The molecule has 26 heteroatoms. The summed E-state index contributed by atoms with van der Waals surface area (Å²) in [5, 5.41) is 4.96. The molecule has 0 atom stereocenters. The molecule has 12 rings (SSSR count). The Bertz CT molecular complexity index is 4630. The molecule has 0 radical (unpaired) electrons. The molecule has 0 spiro atoms. The van der Waals surface area contributed by atoms with E-state index in [0.29, 0.717) is 32.3 Å². The second-order valence-electron chi connectivity index (χ2n) is 19.9. The molecule has 0 N–H and O–H groups in total. The van der Waals surface area contributed by atoms with Crippen molar-refractivity contribution in [3.05, 3.63) is 252 Å². The zero-order valence-electron chi connectivity index (χ0n) is 45.9. The Hall–Kier alpha value is -7.28. The van der Waals surface area contributed by atoms with Crippen molar-refractivity contribution in [2.45, 2.75) is 48.6 Å². The average molecular weight is 1330 g/mol. The fourth-order valence-electron chi connectivity index (χ4n) is 11.0. The minimum atomic E-state index is -4.85. The molecule has 0 aliphatic heterocycles. The van der Waals surface area contributed by atoms with Crippen molar-refractivity contribution in [2.75, 3.05) is 0 Å². The first-order valence-corrected chi connectivity index (χ1v) is 34.2. The number of benzene rings is 12. The summed E-state index contributed by atoms with van der Waals surface area (Å²) < 4.78 is 216. The van der Waals surface area contributed by atoms with E-state index >= 15 is 0 Å². The SMILES string of the molecule is O=S(=O)([O-])c1c(Cc2ccc3ccccc3c2S(=O)(=O)[O-])ccc2ccccc12.O=S(=O)([O-])c1c(Cc2ccc3ccccc3c2S(=O)(=O)[O-])ccc2ccccc12.O=S(=O)([O-])c1c(Cc2ccc3ccccc3c2S(=O)(=O)[O-])ccc2ccccc12.[Al+3].[Al+3]. The molecule has 0 fully saturated rings. The minimum absolute atomic E-state index is 0. The van der Waals surface area contributed by atoms with E-state index in [2.05, 4.69) is 0 Å². The van der Waals surface area contributed by atoms with E-state index in [-0.39, 0.29) is 120 Å². The maximum Gasteiger partial charge on any atom is 3.00 e. The van der Waals surface area contributed by atoms with Gasteiger partial charge in [-0.1, -0.05) is 218 Å². The standard InChI is InChI=1S/3C21H16O6S2.2Al/c3*22-28(23,24)20-16(11-9-14-5-1-3-7-18(14)20)13-17-12-10-15-6-2-4-8-19(15)21(17)29(25,26)27;;/h3*1-12H,13H2,(H,22,23,24)(H,25,26,27);;/q;;;2*+3/p-6. The zero-order chi connectivity index (χ0) is 62.4. The third-order valence-corrected chi connectivity index (χ3v) is 20.3. The van der Waals surface area contributed by atoms with Crippen LogP contribution in [0.25, 0.3) is 64.6 Å². The van der Waals surface area contributed by atoms with E-state index in [1.165, 1.54) is 72.8 Å². The number of fused-ring (bicyclic) bond motifs is 6. The molecular weight excluding hydrogens is 1290 g/mol. The maximum absolute atomic E-state index is 12.0. The molecule has 0 heterocycles. The second kappa shape index (κ2) is 26.3. The van der Waals surface area contributed by atoms with Crippen LogP contribution in [0.1, 0.15) is 33.4 Å². The van der Waals surface area contributed by atoms with E-state index in [9.17, 15) is 77.8 Å². The van der Waals surface area contributed by atoms with E-state index in [4.69, 9.17) is 0 Å². The monoisotopic (exact) mass is 1330 g/mol.